The summed E-state index contributed by atoms with van der Waals surface area (Å²) in [4.78, 5) is 0. The third kappa shape index (κ3) is 2.50. The highest BCUT2D eigenvalue weighted by Crippen LogP contribution is 2.19. The Morgan fingerprint density at radius 1 is 1.27 bits per heavy atom. The lowest BCUT2D eigenvalue weighted by atomic mass is 10.1. The van der Waals surface area contributed by atoms with E-state index in [1.807, 2.05) is 24.0 Å². The second-order valence-electron chi connectivity index (χ2n) is 3.26. The van der Waals surface area contributed by atoms with Crippen molar-refractivity contribution in [2.45, 2.75) is 0 Å². The van der Waals surface area contributed by atoms with Crippen LogP contribution in [0.4, 0.5) is 5.69 Å². The third-order valence-electron chi connectivity index (χ3n) is 2.17. The number of halogens is 1. The van der Waals surface area contributed by atoms with Crippen LogP contribution in [0.1, 0.15) is 0 Å². The van der Waals surface area contributed by atoms with Gasteiger partial charge in [0.15, 0.2) is 0 Å². The standard InChI is InChI=1S/C11H12IN3/c1-15-7-6-11(14-15)9-2-4-10(5-3-9)13-8-12/h2-7,13H,8H2,1H3. The largest absolute Gasteiger partial charge is 0.376 e. The van der Waals surface area contributed by atoms with Gasteiger partial charge < -0.3 is 5.32 Å². The molecule has 0 saturated heterocycles. The van der Waals surface area contributed by atoms with Gasteiger partial charge in [-0.05, 0) is 18.2 Å². The zero-order valence-electron chi connectivity index (χ0n) is 8.44. The van der Waals surface area contributed by atoms with Crippen LogP contribution in [0.5, 0.6) is 0 Å². The van der Waals surface area contributed by atoms with Crippen LogP contribution in [0.3, 0.4) is 0 Å². The summed E-state index contributed by atoms with van der Waals surface area (Å²) in [5.74, 6) is 0. The van der Waals surface area contributed by atoms with E-state index in [0.29, 0.717) is 0 Å². The number of aryl methyl sites for hydroxylation is 1. The molecule has 2 rings (SSSR count). The van der Waals surface area contributed by atoms with E-state index in [1.165, 1.54) is 0 Å². The van der Waals surface area contributed by atoms with Gasteiger partial charge in [0.2, 0.25) is 0 Å². The topological polar surface area (TPSA) is 29.9 Å². The Morgan fingerprint density at radius 3 is 2.53 bits per heavy atom. The number of benzene rings is 1. The summed E-state index contributed by atoms with van der Waals surface area (Å²) < 4.78 is 2.73. The molecule has 0 fully saturated rings. The summed E-state index contributed by atoms with van der Waals surface area (Å²) in [6.07, 6.45) is 1.95. The van der Waals surface area contributed by atoms with Gasteiger partial charge in [0.05, 0.1) is 10.2 Å². The predicted molar refractivity (Wildman–Crippen MR) is 71.2 cm³/mol. The van der Waals surface area contributed by atoms with Crippen LogP contribution in [0.25, 0.3) is 11.3 Å². The first-order chi connectivity index (χ1) is 7.29. The Balaban J connectivity index is 2.23. The minimum Gasteiger partial charge on any atom is -0.376 e. The van der Waals surface area contributed by atoms with Gasteiger partial charge in [-0.3, -0.25) is 4.68 Å². The summed E-state index contributed by atoms with van der Waals surface area (Å²) in [5, 5.41) is 7.60. The first-order valence-electron chi connectivity index (χ1n) is 4.69. The monoisotopic (exact) mass is 313 g/mol. The smallest absolute Gasteiger partial charge is 0.0923 e. The predicted octanol–water partition coefficient (Wildman–Crippen LogP) is 2.89. The Morgan fingerprint density at radius 2 is 2.00 bits per heavy atom. The summed E-state index contributed by atoms with van der Waals surface area (Å²) in [6.45, 7) is 0. The summed E-state index contributed by atoms with van der Waals surface area (Å²) in [7, 11) is 1.93. The lowest BCUT2D eigenvalue weighted by molar-refractivity contribution is 0.771. The van der Waals surface area contributed by atoms with E-state index in [1.54, 1.807) is 0 Å². The minimum atomic E-state index is 0.917. The van der Waals surface area contributed by atoms with Crippen molar-refractivity contribution >= 4 is 28.3 Å². The summed E-state index contributed by atoms with van der Waals surface area (Å²) >= 11 is 2.29. The van der Waals surface area contributed by atoms with Crippen molar-refractivity contribution in [3.63, 3.8) is 0 Å². The molecule has 0 spiro atoms. The molecule has 0 radical (unpaired) electrons. The molecule has 0 saturated carbocycles. The van der Waals surface area contributed by atoms with Crippen LogP contribution in [0.15, 0.2) is 36.5 Å². The summed E-state index contributed by atoms with van der Waals surface area (Å²) in [6, 6.07) is 10.3. The number of hydrogen-bond donors (Lipinski definition) is 1. The fourth-order valence-corrected chi connectivity index (χ4v) is 1.85. The highest BCUT2D eigenvalue weighted by molar-refractivity contribution is 14.1. The molecule has 4 heteroatoms. The summed E-state index contributed by atoms with van der Waals surface area (Å²) in [5.41, 5.74) is 3.30. The van der Waals surface area contributed by atoms with Crippen LogP contribution < -0.4 is 5.32 Å². The maximum Gasteiger partial charge on any atom is 0.0923 e. The molecule has 0 aliphatic rings. The van der Waals surface area contributed by atoms with Crippen LogP contribution in [-0.2, 0) is 7.05 Å². The number of rotatable bonds is 3. The SMILES string of the molecule is Cn1ccc(-c2ccc(NCI)cc2)n1. The van der Waals surface area contributed by atoms with E-state index in [9.17, 15) is 0 Å². The Hall–Kier alpha value is -1.04. The number of hydrogen-bond acceptors (Lipinski definition) is 2. The number of nitrogens with zero attached hydrogens (tertiary/aromatic N) is 2. The highest BCUT2D eigenvalue weighted by atomic mass is 127. The average Bonchev–Trinajstić information content (AvgIpc) is 2.67. The zero-order valence-corrected chi connectivity index (χ0v) is 10.6. The molecule has 0 aliphatic carbocycles. The molecule has 1 aromatic carbocycles. The second-order valence-corrected chi connectivity index (χ2v) is 4.03. The van der Waals surface area contributed by atoms with Crippen molar-refractivity contribution < 1.29 is 0 Å². The molecule has 1 N–H and O–H groups in total. The number of anilines is 1. The molecule has 0 bridgehead atoms. The molecule has 2 aromatic rings. The molecule has 78 valence electrons. The van der Waals surface area contributed by atoms with Crippen molar-refractivity contribution in [2.75, 3.05) is 9.87 Å². The van der Waals surface area contributed by atoms with Crippen LogP contribution in [0, 0.1) is 0 Å². The molecule has 15 heavy (non-hydrogen) atoms. The molecular formula is C11H12IN3. The maximum absolute atomic E-state index is 4.35. The Bertz CT molecular complexity index is 433. The fourth-order valence-electron chi connectivity index (χ4n) is 1.41. The molecular weight excluding hydrogens is 301 g/mol. The molecule has 1 aromatic heterocycles. The lowest BCUT2D eigenvalue weighted by Crippen LogP contribution is -1.93. The molecule has 0 amide bonds. The van der Waals surface area contributed by atoms with Crippen LogP contribution in [-0.4, -0.2) is 14.3 Å². The van der Waals surface area contributed by atoms with Gasteiger partial charge in [0.25, 0.3) is 0 Å². The van der Waals surface area contributed by atoms with E-state index in [0.717, 1.165) is 21.5 Å². The van der Waals surface area contributed by atoms with Gasteiger partial charge in [0.1, 0.15) is 0 Å². The Labute approximate surface area is 103 Å². The molecule has 0 aliphatic heterocycles. The van der Waals surface area contributed by atoms with Gasteiger partial charge >= 0.3 is 0 Å². The van der Waals surface area contributed by atoms with Gasteiger partial charge in [-0.1, -0.05) is 34.7 Å². The van der Waals surface area contributed by atoms with E-state index < -0.39 is 0 Å². The highest BCUT2D eigenvalue weighted by Gasteiger charge is 2.00. The van der Waals surface area contributed by atoms with Crippen molar-refractivity contribution in [3.05, 3.63) is 36.5 Å². The molecule has 3 nitrogen and oxygen atoms in total. The molecule has 0 atom stereocenters. The van der Waals surface area contributed by atoms with Gasteiger partial charge in [-0.2, -0.15) is 5.10 Å². The van der Waals surface area contributed by atoms with E-state index in [4.69, 9.17) is 0 Å². The van der Waals surface area contributed by atoms with Gasteiger partial charge in [-0.25, -0.2) is 0 Å². The number of aromatic nitrogens is 2. The maximum atomic E-state index is 4.35. The normalized spacial score (nSPS) is 10.3. The van der Waals surface area contributed by atoms with Crippen molar-refractivity contribution in [3.8, 4) is 11.3 Å². The average molecular weight is 313 g/mol. The molecule has 0 unspecified atom stereocenters. The lowest BCUT2D eigenvalue weighted by Gasteiger charge is -2.02. The molecule has 1 heterocycles. The number of alkyl halides is 1. The second kappa shape index (κ2) is 4.65. The van der Waals surface area contributed by atoms with Crippen LogP contribution >= 0.6 is 22.6 Å². The first kappa shape index (κ1) is 10.5. The van der Waals surface area contributed by atoms with E-state index >= 15 is 0 Å². The quantitative estimate of drug-likeness (QED) is 0.536. The first-order valence-corrected chi connectivity index (χ1v) is 6.22. The fraction of sp³-hybridized carbons (Fsp3) is 0.182. The van der Waals surface area contributed by atoms with Gasteiger partial charge in [0, 0.05) is 24.5 Å². The number of nitrogens with one attached hydrogen (secondary N) is 1. The van der Waals surface area contributed by atoms with E-state index in [-0.39, 0.29) is 0 Å². The van der Waals surface area contributed by atoms with Crippen molar-refractivity contribution in [1.29, 1.82) is 0 Å². The minimum absolute atomic E-state index is 0.917. The van der Waals surface area contributed by atoms with E-state index in [2.05, 4.69) is 57.3 Å². The van der Waals surface area contributed by atoms with Crippen molar-refractivity contribution in [2.24, 2.45) is 7.05 Å². The van der Waals surface area contributed by atoms with Crippen molar-refractivity contribution in [1.82, 2.24) is 9.78 Å². The zero-order chi connectivity index (χ0) is 10.7. The third-order valence-corrected chi connectivity index (χ3v) is 2.55. The Kier molecular flexibility index (Phi) is 3.25. The van der Waals surface area contributed by atoms with Crippen LogP contribution in [0.2, 0.25) is 0 Å². The van der Waals surface area contributed by atoms with Gasteiger partial charge in [-0.15, -0.1) is 0 Å².